The van der Waals surface area contributed by atoms with Gasteiger partial charge >= 0.3 is 5.63 Å². The first-order valence-corrected chi connectivity index (χ1v) is 8.64. The number of hydrogen-bond donors (Lipinski definition) is 2. The summed E-state index contributed by atoms with van der Waals surface area (Å²) in [6.45, 7) is 0. The molecule has 10 nitrogen and oxygen atoms in total. The van der Waals surface area contributed by atoms with Gasteiger partial charge in [-0.3, -0.25) is 14.9 Å². The molecule has 0 aliphatic carbocycles. The van der Waals surface area contributed by atoms with E-state index in [1.807, 2.05) is 6.07 Å². The molecule has 0 saturated carbocycles. The largest absolute Gasteiger partial charge is 0.439 e. The Morgan fingerprint density at radius 2 is 1.97 bits per heavy atom. The number of fused-ring (bicyclic) bond motifs is 6. The fourth-order valence-corrected chi connectivity index (χ4v) is 4.06. The highest BCUT2D eigenvalue weighted by molar-refractivity contribution is 6.13. The van der Waals surface area contributed by atoms with Gasteiger partial charge in [0.15, 0.2) is 11.2 Å². The van der Waals surface area contributed by atoms with E-state index >= 15 is 0 Å². The molecule has 1 aromatic heterocycles. The van der Waals surface area contributed by atoms with Crippen molar-refractivity contribution in [3.05, 3.63) is 85.6 Å². The van der Waals surface area contributed by atoms with Crippen LogP contribution >= 0.6 is 0 Å². The molecule has 30 heavy (non-hydrogen) atoms. The number of nitrogens with one attached hydrogen (secondary N) is 1. The standard InChI is InChI=1S/C20H10N4O6/c21-8-12-17(22)30-16-10-3-1-2-4-14(10)29-18(25)15(16)20(12)11-7-9(24(27)28)5-6-13(11)23-19(20)26/h1-7H,22H2,(H,23,26). The number of benzene rings is 2. The van der Waals surface area contributed by atoms with Crippen molar-refractivity contribution in [2.24, 2.45) is 5.73 Å². The molecule has 2 aliphatic heterocycles. The fourth-order valence-electron chi connectivity index (χ4n) is 4.06. The number of carbonyl (C=O) groups is 1. The number of nitro benzene ring substituents is 1. The number of anilines is 1. The third kappa shape index (κ3) is 1.95. The van der Waals surface area contributed by atoms with E-state index in [0.717, 1.165) is 6.07 Å². The van der Waals surface area contributed by atoms with Crippen LogP contribution < -0.4 is 21.4 Å². The summed E-state index contributed by atoms with van der Waals surface area (Å²) in [6.07, 6.45) is 0. The topological polar surface area (TPSA) is 161 Å². The number of nitrogens with zero attached hydrogens (tertiary/aromatic N) is 2. The van der Waals surface area contributed by atoms with Crippen molar-refractivity contribution in [1.82, 2.24) is 0 Å². The number of nitriles is 1. The fraction of sp³-hybridized carbons (Fsp3) is 0.0500. The van der Waals surface area contributed by atoms with E-state index in [1.165, 1.54) is 12.1 Å². The van der Waals surface area contributed by atoms with Gasteiger partial charge in [-0.15, -0.1) is 0 Å². The zero-order valence-electron chi connectivity index (χ0n) is 15.0. The van der Waals surface area contributed by atoms with Crippen molar-refractivity contribution in [3.63, 3.8) is 0 Å². The van der Waals surface area contributed by atoms with Crippen LogP contribution in [-0.2, 0) is 10.2 Å². The normalized spacial score (nSPS) is 19.1. The van der Waals surface area contributed by atoms with Crippen LogP contribution in [0.2, 0.25) is 0 Å². The van der Waals surface area contributed by atoms with Gasteiger partial charge in [-0.1, -0.05) is 12.1 Å². The molecule has 0 bridgehead atoms. The zero-order valence-corrected chi connectivity index (χ0v) is 15.0. The summed E-state index contributed by atoms with van der Waals surface area (Å²) >= 11 is 0. The summed E-state index contributed by atoms with van der Waals surface area (Å²) < 4.78 is 11.0. The number of carbonyl (C=O) groups excluding carboxylic acids is 1. The van der Waals surface area contributed by atoms with Crippen molar-refractivity contribution in [1.29, 1.82) is 5.26 Å². The molecule has 0 fully saturated rings. The highest BCUT2D eigenvalue weighted by atomic mass is 16.6. The molecule has 3 N–H and O–H groups in total. The number of rotatable bonds is 1. The van der Waals surface area contributed by atoms with Gasteiger partial charge in [-0.2, -0.15) is 5.26 Å². The Labute approximate surface area is 166 Å². The Bertz CT molecular complexity index is 1450. The molecule has 1 amide bonds. The van der Waals surface area contributed by atoms with Crippen LogP contribution in [0.3, 0.4) is 0 Å². The monoisotopic (exact) mass is 402 g/mol. The van der Waals surface area contributed by atoms with Crippen LogP contribution in [0.1, 0.15) is 11.1 Å². The number of hydrogen-bond acceptors (Lipinski definition) is 8. The predicted molar refractivity (Wildman–Crippen MR) is 102 cm³/mol. The second kappa shape index (κ2) is 5.68. The van der Waals surface area contributed by atoms with Gasteiger partial charge in [0.2, 0.25) is 11.8 Å². The molecule has 2 aromatic carbocycles. The lowest BCUT2D eigenvalue weighted by atomic mass is 9.69. The maximum Gasteiger partial charge on any atom is 0.345 e. The molecule has 0 saturated heterocycles. The number of amides is 1. The van der Waals surface area contributed by atoms with Crippen molar-refractivity contribution in [2.75, 3.05) is 5.32 Å². The van der Waals surface area contributed by atoms with Gasteiger partial charge in [0.05, 0.1) is 10.3 Å². The summed E-state index contributed by atoms with van der Waals surface area (Å²) in [5.74, 6) is -1.17. The Morgan fingerprint density at radius 3 is 2.70 bits per heavy atom. The summed E-state index contributed by atoms with van der Waals surface area (Å²) in [7, 11) is 0. The molecule has 3 heterocycles. The highest BCUT2D eigenvalue weighted by Gasteiger charge is 2.59. The number of nitro groups is 1. The average Bonchev–Trinajstić information content (AvgIpc) is 2.99. The van der Waals surface area contributed by atoms with Gasteiger partial charge in [0.25, 0.3) is 5.69 Å². The lowest BCUT2D eigenvalue weighted by molar-refractivity contribution is -0.384. The highest BCUT2D eigenvalue weighted by Crippen LogP contribution is 2.53. The van der Waals surface area contributed by atoms with Gasteiger partial charge in [0, 0.05) is 23.4 Å². The smallest absolute Gasteiger partial charge is 0.345 e. The molecular weight excluding hydrogens is 392 g/mol. The minimum atomic E-state index is -2.04. The van der Waals surface area contributed by atoms with Crippen molar-refractivity contribution in [3.8, 4) is 11.8 Å². The maximum atomic E-state index is 13.3. The van der Waals surface area contributed by atoms with E-state index in [0.29, 0.717) is 5.39 Å². The first-order chi connectivity index (χ1) is 14.4. The third-order valence-electron chi connectivity index (χ3n) is 5.29. The molecule has 0 radical (unpaired) electrons. The Balaban J connectivity index is 2.00. The van der Waals surface area contributed by atoms with Crippen molar-refractivity contribution in [2.45, 2.75) is 5.41 Å². The molecule has 3 aromatic rings. The third-order valence-corrected chi connectivity index (χ3v) is 5.29. The Kier molecular flexibility index (Phi) is 3.30. The lowest BCUT2D eigenvalue weighted by Gasteiger charge is -2.32. The van der Waals surface area contributed by atoms with E-state index in [2.05, 4.69) is 5.32 Å². The molecule has 2 aliphatic rings. The van der Waals surface area contributed by atoms with E-state index in [1.54, 1.807) is 24.3 Å². The zero-order chi connectivity index (χ0) is 21.2. The van der Waals surface area contributed by atoms with Crippen LogP contribution in [0.15, 0.2) is 63.1 Å². The molecule has 1 atom stereocenters. The van der Waals surface area contributed by atoms with Crippen LogP contribution in [0, 0.1) is 21.4 Å². The number of ether oxygens (including phenoxy) is 1. The van der Waals surface area contributed by atoms with Crippen LogP contribution in [0.25, 0.3) is 11.0 Å². The molecule has 146 valence electrons. The van der Waals surface area contributed by atoms with Gasteiger partial charge < -0.3 is 20.2 Å². The predicted octanol–water partition coefficient (Wildman–Crippen LogP) is 2.03. The number of nitrogens with two attached hydrogens (primary N) is 1. The quantitative estimate of drug-likeness (QED) is 0.355. The average molecular weight is 402 g/mol. The van der Waals surface area contributed by atoms with Gasteiger partial charge in [-0.25, -0.2) is 4.79 Å². The van der Waals surface area contributed by atoms with Gasteiger partial charge in [-0.05, 0) is 18.2 Å². The van der Waals surface area contributed by atoms with Gasteiger partial charge in [0.1, 0.15) is 22.8 Å². The molecule has 10 heteroatoms. The van der Waals surface area contributed by atoms with Crippen molar-refractivity contribution >= 4 is 28.3 Å². The second-order valence-corrected chi connectivity index (χ2v) is 6.73. The molecule has 5 rings (SSSR count). The first-order valence-electron chi connectivity index (χ1n) is 8.64. The maximum absolute atomic E-state index is 13.3. The Morgan fingerprint density at radius 1 is 1.20 bits per heavy atom. The number of non-ortho nitro benzene ring substituents is 1. The van der Waals surface area contributed by atoms with E-state index in [9.17, 15) is 25.0 Å². The molecular formula is C20H10N4O6. The van der Waals surface area contributed by atoms with Crippen molar-refractivity contribution < 1.29 is 18.9 Å². The summed E-state index contributed by atoms with van der Waals surface area (Å²) in [5.41, 5.74) is 2.57. The van der Waals surface area contributed by atoms with E-state index < -0.39 is 21.9 Å². The molecule has 1 spiro atoms. The second-order valence-electron chi connectivity index (χ2n) is 6.73. The van der Waals surface area contributed by atoms with E-state index in [4.69, 9.17) is 14.9 Å². The van der Waals surface area contributed by atoms with Crippen LogP contribution in [0.4, 0.5) is 11.4 Å². The molecule has 1 unspecified atom stereocenters. The lowest BCUT2D eigenvalue weighted by Crippen LogP contribution is -2.45. The summed E-state index contributed by atoms with van der Waals surface area (Å²) in [4.78, 5) is 37.1. The number of para-hydroxylation sites is 1. The van der Waals surface area contributed by atoms with Crippen LogP contribution in [-0.4, -0.2) is 10.8 Å². The first kappa shape index (κ1) is 17.4. The minimum Gasteiger partial charge on any atom is -0.439 e. The van der Waals surface area contributed by atoms with Crippen LogP contribution in [0.5, 0.6) is 5.75 Å². The van der Waals surface area contributed by atoms with E-state index in [-0.39, 0.29) is 45.3 Å². The summed E-state index contributed by atoms with van der Waals surface area (Å²) in [6, 6.07) is 12.0. The SMILES string of the molecule is N#CC1=C(N)Oc2c(c(=O)oc3ccccc23)C12C(=O)Nc1ccc([N+](=O)[O-])cc12. The minimum absolute atomic E-state index is 0.0344. The summed E-state index contributed by atoms with van der Waals surface area (Å²) in [5, 5.41) is 24.1. The Hall–Kier alpha value is -4.65.